The predicted octanol–water partition coefficient (Wildman–Crippen LogP) is 6.78. The second-order valence-electron chi connectivity index (χ2n) is 8.08. The summed E-state index contributed by atoms with van der Waals surface area (Å²) in [7, 11) is 0. The van der Waals surface area contributed by atoms with Crippen molar-refractivity contribution in [2.75, 3.05) is 0 Å². The minimum atomic E-state index is -4.10. The lowest BCUT2D eigenvalue weighted by Crippen LogP contribution is -2.51. The lowest BCUT2D eigenvalue weighted by Gasteiger charge is -2.34. The number of aromatic nitrogens is 1. The van der Waals surface area contributed by atoms with E-state index in [-0.39, 0.29) is 0 Å². The Labute approximate surface area is 184 Å². The fourth-order valence-electron chi connectivity index (χ4n) is 5.45. The van der Waals surface area contributed by atoms with Crippen LogP contribution in [0.4, 0.5) is 13.0 Å². The summed E-state index contributed by atoms with van der Waals surface area (Å²) in [5.74, 6) is -0.428. The molecule has 2 aromatic rings. The highest BCUT2D eigenvalue weighted by atomic mass is 79.9. The maximum atomic E-state index is 16.1. The summed E-state index contributed by atoms with van der Waals surface area (Å²) in [5, 5.41) is 0. The lowest BCUT2D eigenvalue weighted by atomic mass is 9.83. The quantitative estimate of drug-likeness (QED) is 0.431. The van der Waals surface area contributed by atoms with Gasteiger partial charge in [-0.15, -0.1) is 0 Å². The van der Waals surface area contributed by atoms with Gasteiger partial charge in [-0.2, -0.15) is 0 Å². The second kappa shape index (κ2) is 7.01. The molecule has 30 heavy (non-hydrogen) atoms. The van der Waals surface area contributed by atoms with E-state index in [1.54, 1.807) is 26.0 Å². The summed E-state index contributed by atoms with van der Waals surface area (Å²) in [4.78, 5) is 0. The first-order valence-corrected chi connectivity index (χ1v) is 11.1. The van der Waals surface area contributed by atoms with Gasteiger partial charge in [0.15, 0.2) is 5.70 Å². The normalized spacial score (nSPS) is 17.8. The second-order valence-corrected chi connectivity index (χ2v) is 8.94. The van der Waals surface area contributed by atoms with Gasteiger partial charge in [0.25, 0.3) is 0 Å². The van der Waals surface area contributed by atoms with E-state index in [0.29, 0.717) is 51.2 Å². The molecular weight excluding hydrogens is 452 g/mol. The molecule has 0 saturated carbocycles. The lowest BCUT2D eigenvalue weighted by molar-refractivity contribution is -0.363. The Bertz CT molecular complexity index is 1180. The molecule has 0 aliphatic carbocycles. The van der Waals surface area contributed by atoms with Crippen molar-refractivity contribution >= 4 is 34.2 Å². The smallest absolute Gasteiger partial charge is 0.393 e. The summed E-state index contributed by atoms with van der Waals surface area (Å²) in [6.45, 7) is 7.08. The number of hydrogen-bond acceptors (Lipinski definition) is 0. The highest BCUT2D eigenvalue weighted by Gasteiger charge is 2.57. The zero-order valence-electron chi connectivity index (χ0n) is 18.1. The van der Waals surface area contributed by atoms with Crippen LogP contribution in [0, 0.1) is 19.7 Å². The Morgan fingerprint density at radius 2 is 1.73 bits per heavy atom. The zero-order chi connectivity index (χ0) is 22.1. The van der Waals surface area contributed by atoms with Crippen molar-refractivity contribution in [3.05, 3.63) is 73.4 Å². The van der Waals surface area contributed by atoms with E-state index in [2.05, 4.69) is 15.9 Å². The molecule has 1 aromatic heterocycles. The SMILES string of the molecule is CCC1=C(C)C2=C(c3c(F)cccc3Br)c3c(C)c(CC)c(C)n3[B-](F)(F)[N+]2=C1C. The third-order valence-corrected chi connectivity index (χ3v) is 7.37. The molecule has 3 heterocycles. The average Bonchev–Trinajstić information content (AvgIpc) is 3.08. The van der Waals surface area contributed by atoms with Gasteiger partial charge in [-0.25, -0.2) is 4.39 Å². The number of rotatable bonds is 3. The van der Waals surface area contributed by atoms with Gasteiger partial charge in [0, 0.05) is 33.8 Å². The van der Waals surface area contributed by atoms with E-state index < -0.39 is 12.8 Å². The number of benzene rings is 1. The Morgan fingerprint density at radius 1 is 1.07 bits per heavy atom. The van der Waals surface area contributed by atoms with Crippen LogP contribution in [0.1, 0.15) is 62.2 Å². The third-order valence-electron chi connectivity index (χ3n) is 6.71. The Kier molecular flexibility index (Phi) is 4.96. The number of hydrogen-bond donors (Lipinski definition) is 0. The van der Waals surface area contributed by atoms with Crippen molar-refractivity contribution < 1.29 is 17.5 Å². The third kappa shape index (κ3) is 2.54. The number of fused-ring (bicyclic) bond motifs is 2. The molecule has 158 valence electrons. The van der Waals surface area contributed by atoms with Gasteiger partial charge in [-0.1, -0.05) is 35.8 Å². The summed E-state index contributed by atoms with van der Waals surface area (Å²) >= 11 is 3.49. The number of nitrogens with zero attached hydrogens (tertiary/aromatic N) is 2. The van der Waals surface area contributed by atoms with E-state index in [9.17, 15) is 0 Å². The summed E-state index contributed by atoms with van der Waals surface area (Å²) in [5.41, 5.74) is 6.21. The fourth-order valence-corrected chi connectivity index (χ4v) is 5.99. The largest absolute Gasteiger partial charge is 0.737 e. The fraction of sp³-hybridized carbons (Fsp3) is 0.348. The Morgan fingerprint density at radius 3 is 2.30 bits per heavy atom. The topological polar surface area (TPSA) is 7.94 Å². The number of halogens is 4. The monoisotopic (exact) mass is 476 g/mol. The molecule has 2 aliphatic rings. The standard InChI is InChI=1S/C23H25BBrF3N2/c1-7-16-12(3)22-21(20-18(25)10-9-11-19(20)26)23-13(4)17(8-2)15(6)30(23)24(27,28)29(22)14(16)5/h9-11H,7-8H2,1-6H3. The zero-order valence-corrected chi connectivity index (χ0v) is 19.7. The van der Waals surface area contributed by atoms with Gasteiger partial charge in [0.2, 0.25) is 0 Å². The van der Waals surface area contributed by atoms with Crippen LogP contribution in [0.25, 0.3) is 5.57 Å². The first kappa shape index (κ1) is 21.2. The molecule has 2 nitrogen and oxygen atoms in total. The van der Waals surface area contributed by atoms with E-state index in [4.69, 9.17) is 0 Å². The molecule has 7 heteroatoms. The molecule has 0 saturated heterocycles. The summed E-state index contributed by atoms with van der Waals surface area (Å²) < 4.78 is 50.4. The van der Waals surface area contributed by atoms with Gasteiger partial charge in [0.1, 0.15) is 11.5 Å². The van der Waals surface area contributed by atoms with Crippen LogP contribution < -0.4 is 0 Å². The van der Waals surface area contributed by atoms with E-state index >= 15 is 13.0 Å². The van der Waals surface area contributed by atoms with Gasteiger partial charge in [0.05, 0.1) is 5.57 Å². The maximum Gasteiger partial charge on any atom is 0.737 e. The summed E-state index contributed by atoms with van der Waals surface area (Å²) in [6.07, 6.45) is 1.28. The molecule has 0 amide bonds. The van der Waals surface area contributed by atoms with Crippen LogP contribution in [0.3, 0.4) is 0 Å². The first-order valence-electron chi connectivity index (χ1n) is 10.3. The summed E-state index contributed by atoms with van der Waals surface area (Å²) in [6, 6.07) is 4.77. The predicted molar refractivity (Wildman–Crippen MR) is 121 cm³/mol. The Balaban J connectivity index is 2.29. The van der Waals surface area contributed by atoms with Crippen molar-refractivity contribution in [2.24, 2.45) is 0 Å². The van der Waals surface area contributed by atoms with Gasteiger partial charge < -0.3 is 17.6 Å². The minimum absolute atomic E-state index is 0.331. The number of allylic oxidation sites excluding steroid dienone is 2. The van der Waals surface area contributed by atoms with Crippen molar-refractivity contribution in [2.45, 2.75) is 54.4 Å². The van der Waals surface area contributed by atoms with Gasteiger partial charge in [-0.05, 0) is 62.6 Å². The molecule has 0 bridgehead atoms. The van der Waals surface area contributed by atoms with Crippen LogP contribution in [0.5, 0.6) is 0 Å². The molecule has 0 unspecified atom stereocenters. The highest BCUT2D eigenvalue weighted by Crippen LogP contribution is 2.48. The van der Waals surface area contributed by atoms with E-state index in [0.717, 1.165) is 22.3 Å². The van der Waals surface area contributed by atoms with Crippen LogP contribution in [0.15, 0.2) is 39.5 Å². The van der Waals surface area contributed by atoms with Crippen LogP contribution in [-0.4, -0.2) is 21.6 Å². The molecule has 0 atom stereocenters. The minimum Gasteiger partial charge on any atom is -0.393 e. The molecule has 2 aliphatic heterocycles. The molecule has 1 aromatic carbocycles. The molecular formula is C23H25BBrF3N2. The molecule has 0 fully saturated rings. The van der Waals surface area contributed by atoms with Gasteiger partial charge >= 0.3 is 6.97 Å². The maximum absolute atomic E-state index is 16.1. The first-order chi connectivity index (χ1) is 14.1. The molecule has 4 rings (SSSR count). The molecule has 0 N–H and O–H groups in total. The van der Waals surface area contributed by atoms with Crippen LogP contribution >= 0.6 is 15.9 Å². The van der Waals surface area contributed by atoms with Crippen molar-refractivity contribution in [1.29, 1.82) is 0 Å². The van der Waals surface area contributed by atoms with Crippen molar-refractivity contribution in [3.63, 3.8) is 0 Å². The van der Waals surface area contributed by atoms with Crippen LogP contribution in [-0.2, 0) is 6.42 Å². The Hall–Kier alpha value is -2.02. The molecule has 0 radical (unpaired) electrons. The van der Waals surface area contributed by atoms with Crippen molar-refractivity contribution in [1.82, 2.24) is 4.48 Å². The highest BCUT2D eigenvalue weighted by molar-refractivity contribution is 9.10. The van der Waals surface area contributed by atoms with Gasteiger partial charge in [-0.3, -0.25) is 0 Å². The van der Waals surface area contributed by atoms with E-state index in [1.807, 2.05) is 27.7 Å². The average molecular weight is 477 g/mol. The van der Waals surface area contributed by atoms with E-state index in [1.165, 1.54) is 15.0 Å². The molecule has 0 spiro atoms. The van der Waals surface area contributed by atoms with Crippen molar-refractivity contribution in [3.8, 4) is 0 Å². The van der Waals surface area contributed by atoms with Crippen LogP contribution in [0.2, 0.25) is 0 Å².